The Morgan fingerprint density at radius 2 is 1.95 bits per heavy atom. The van der Waals surface area contributed by atoms with Crippen LogP contribution in [-0.2, 0) is 6.42 Å². The molecule has 4 heteroatoms. The summed E-state index contributed by atoms with van der Waals surface area (Å²) in [5.74, 6) is 0.868. The lowest BCUT2D eigenvalue weighted by atomic mass is 9.88. The van der Waals surface area contributed by atoms with Crippen LogP contribution in [0.25, 0.3) is 0 Å². The van der Waals surface area contributed by atoms with E-state index in [2.05, 4.69) is 37.1 Å². The number of halogens is 1. The maximum atomic E-state index is 6.36. The maximum Gasteiger partial charge on any atom is 0.120 e. The van der Waals surface area contributed by atoms with Crippen LogP contribution >= 0.6 is 11.6 Å². The minimum atomic E-state index is 0.244. The number of nitrogens with one attached hydrogen (secondary N) is 1. The number of piperazine rings is 1. The zero-order valence-corrected chi connectivity index (χ0v) is 14.2. The molecular weight excluding hydrogens is 284 g/mol. The molecule has 1 heterocycles. The standard InChI is InChI=1S/C17H27ClN2O/c1-17(2,3)13-14-4-5-15(12-16(14)18)21-11-10-20-8-6-19-7-9-20/h4-5,12,19H,6-11,13H2,1-3H3. The van der Waals surface area contributed by atoms with Gasteiger partial charge >= 0.3 is 0 Å². The number of benzene rings is 1. The molecule has 1 saturated heterocycles. The number of hydrogen-bond acceptors (Lipinski definition) is 3. The zero-order valence-electron chi connectivity index (χ0n) is 13.4. The second kappa shape index (κ2) is 7.48. The van der Waals surface area contributed by atoms with Gasteiger partial charge in [0.25, 0.3) is 0 Å². The van der Waals surface area contributed by atoms with Crippen LogP contribution in [0.2, 0.25) is 5.02 Å². The van der Waals surface area contributed by atoms with Gasteiger partial charge in [0.05, 0.1) is 0 Å². The molecule has 0 atom stereocenters. The van der Waals surface area contributed by atoms with Crippen molar-refractivity contribution >= 4 is 11.6 Å². The summed E-state index contributed by atoms with van der Waals surface area (Å²) in [6.45, 7) is 12.7. The number of rotatable bonds is 5. The van der Waals surface area contributed by atoms with E-state index in [1.54, 1.807) is 0 Å². The molecule has 3 nitrogen and oxygen atoms in total. The van der Waals surface area contributed by atoms with Crippen molar-refractivity contribution in [3.05, 3.63) is 28.8 Å². The molecule has 1 fully saturated rings. The third-order valence-electron chi connectivity index (χ3n) is 3.63. The third-order valence-corrected chi connectivity index (χ3v) is 3.98. The van der Waals surface area contributed by atoms with Crippen molar-refractivity contribution < 1.29 is 4.74 Å². The molecule has 0 spiro atoms. The first-order valence-corrected chi connectivity index (χ1v) is 8.16. The van der Waals surface area contributed by atoms with Crippen LogP contribution in [0.5, 0.6) is 5.75 Å². The fourth-order valence-electron chi connectivity index (χ4n) is 2.56. The van der Waals surface area contributed by atoms with Crippen LogP contribution in [0.4, 0.5) is 0 Å². The predicted octanol–water partition coefficient (Wildman–Crippen LogP) is 3.21. The molecule has 0 aromatic heterocycles. The highest BCUT2D eigenvalue weighted by molar-refractivity contribution is 6.31. The minimum Gasteiger partial charge on any atom is -0.492 e. The van der Waals surface area contributed by atoms with Crippen LogP contribution in [0.15, 0.2) is 18.2 Å². The third kappa shape index (κ3) is 5.85. The highest BCUT2D eigenvalue weighted by atomic mass is 35.5. The van der Waals surface area contributed by atoms with E-state index in [1.807, 2.05) is 12.1 Å². The quantitative estimate of drug-likeness (QED) is 0.904. The van der Waals surface area contributed by atoms with E-state index >= 15 is 0 Å². The fraction of sp³-hybridized carbons (Fsp3) is 0.647. The van der Waals surface area contributed by atoms with Gasteiger partial charge in [0.15, 0.2) is 0 Å². The molecule has 1 aromatic carbocycles. The smallest absolute Gasteiger partial charge is 0.120 e. The molecule has 1 N–H and O–H groups in total. The minimum absolute atomic E-state index is 0.244. The Balaban J connectivity index is 1.82. The lowest BCUT2D eigenvalue weighted by Crippen LogP contribution is -2.44. The molecule has 0 amide bonds. The summed E-state index contributed by atoms with van der Waals surface area (Å²) in [6, 6.07) is 6.07. The van der Waals surface area contributed by atoms with Crippen LogP contribution < -0.4 is 10.1 Å². The van der Waals surface area contributed by atoms with E-state index in [0.717, 1.165) is 56.5 Å². The van der Waals surface area contributed by atoms with Gasteiger partial charge in [0, 0.05) is 37.7 Å². The second-order valence-electron chi connectivity index (χ2n) is 6.93. The molecule has 1 aliphatic rings. The van der Waals surface area contributed by atoms with E-state index in [1.165, 1.54) is 5.56 Å². The summed E-state index contributed by atoms with van der Waals surface area (Å²) in [5, 5.41) is 4.16. The summed E-state index contributed by atoms with van der Waals surface area (Å²) in [6.07, 6.45) is 0.979. The zero-order chi connectivity index (χ0) is 15.3. The van der Waals surface area contributed by atoms with Crippen molar-refractivity contribution in [2.75, 3.05) is 39.3 Å². The van der Waals surface area contributed by atoms with E-state index in [9.17, 15) is 0 Å². The Hall–Kier alpha value is -0.770. The molecule has 1 aliphatic heterocycles. The van der Waals surface area contributed by atoms with Crippen LogP contribution in [0.3, 0.4) is 0 Å². The van der Waals surface area contributed by atoms with E-state index in [0.29, 0.717) is 0 Å². The van der Waals surface area contributed by atoms with Gasteiger partial charge in [-0.25, -0.2) is 0 Å². The molecule has 0 saturated carbocycles. The highest BCUT2D eigenvalue weighted by Gasteiger charge is 2.14. The fourth-order valence-corrected chi connectivity index (χ4v) is 2.80. The lowest BCUT2D eigenvalue weighted by molar-refractivity contribution is 0.191. The van der Waals surface area contributed by atoms with Crippen molar-refractivity contribution in [1.82, 2.24) is 10.2 Å². The summed E-state index contributed by atoms with van der Waals surface area (Å²) in [7, 11) is 0. The summed E-state index contributed by atoms with van der Waals surface area (Å²) >= 11 is 6.36. The van der Waals surface area contributed by atoms with Gasteiger partial charge < -0.3 is 10.1 Å². The van der Waals surface area contributed by atoms with Gasteiger partial charge in [0.2, 0.25) is 0 Å². The Kier molecular flexibility index (Phi) is 5.91. The summed E-state index contributed by atoms with van der Waals surface area (Å²) in [5.41, 5.74) is 1.44. The molecular formula is C17H27ClN2O. The average Bonchev–Trinajstić information content (AvgIpc) is 2.42. The highest BCUT2D eigenvalue weighted by Crippen LogP contribution is 2.28. The average molecular weight is 311 g/mol. The van der Waals surface area contributed by atoms with Gasteiger partial charge in [-0.05, 0) is 29.5 Å². The van der Waals surface area contributed by atoms with E-state index in [4.69, 9.17) is 16.3 Å². The molecule has 0 radical (unpaired) electrons. The molecule has 0 aliphatic carbocycles. The first-order chi connectivity index (χ1) is 9.94. The Labute approximate surface area is 133 Å². The van der Waals surface area contributed by atoms with Crippen LogP contribution in [-0.4, -0.2) is 44.2 Å². The molecule has 21 heavy (non-hydrogen) atoms. The topological polar surface area (TPSA) is 24.5 Å². The SMILES string of the molecule is CC(C)(C)Cc1ccc(OCCN2CCNCC2)cc1Cl. The molecule has 1 aromatic rings. The van der Waals surface area contributed by atoms with Gasteiger partial charge in [-0.15, -0.1) is 0 Å². The van der Waals surface area contributed by atoms with Crippen molar-refractivity contribution in [2.45, 2.75) is 27.2 Å². The van der Waals surface area contributed by atoms with Crippen LogP contribution in [0, 0.1) is 5.41 Å². The lowest BCUT2D eigenvalue weighted by Gasteiger charge is -2.27. The molecule has 2 rings (SSSR count). The second-order valence-corrected chi connectivity index (χ2v) is 7.34. The largest absolute Gasteiger partial charge is 0.492 e. The number of hydrogen-bond donors (Lipinski definition) is 1. The van der Waals surface area contributed by atoms with E-state index < -0.39 is 0 Å². The van der Waals surface area contributed by atoms with Crippen molar-refractivity contribution in [3.8, 4) is 5.75 Å². The molecule has 118 valence electrons. The van der Waals surface area contributed by atoms with E-state index in [-0.39, 0.29) is 5.41 Å². The van der Waals surface area contributed by atoms with Crippen molar-refractivity contribution in [1.29, 1.82) is 0 Å². The summed E-state index contributed by atoms with van der Waals surface area (Å²) in [4.78, 5) is 2.42. The first kappa shape index (κ1) is 16.6. The Morgan fingerprint density at radius 1 is 1.24 bits per heavy atom. The van der Waals surface area contributed by atoms with Crippen molar-refractivity contribution in [3.63, 3.8) is 0 Å². The molecule has 0 bridgehead atoms. The number of nitrogens with zero attached hydrogens (tertiary/aromatic N) is 1. The normalized spacial score (nSPS) is 17.0. The van der Waals surface area contributed by atoms with Gasteiger partial charge in [-0.3, -0.25) is 4.90 Å². The predicted molar refractivity (Wildman–Crippen MR) is 89.4 cm³/mol. The Morgan fingerprint density at radius 3 is 2.57 bits per heavy atom. The van der Waals surface area contributed by atoms with Crippen LogP contribution in [0.1, 0.15) is 26.3 Å². The maximum absolute atomic E-state index is 6.36. The van der Waals surface area contributed by atoms with Crippen molar-refractivity contribution in [2.24, 2.45) is 5.41 Å². The number of ether oxygens (including phenoxy) is 1. The van der Waals surface area contributed by atoms with Gasteiger partial charge in [-0.2, -0.15) is 0 Å². The van der Waals surface area contributed by atoms with Gasteiger partial charge in [0.1, 0.15) is 12.4 Å². The monoisotopic (exact) mass is 310 g/mol. The Bertz CT molecular complexity index is 451. The molecule has 0 unspecified atom stereocenters. The first-order valence-electron chi connectivity index (χ1n) is 7.78. The van der Waals surface area contributed by atoms with Gasteiger partial charge in [-0.1, -0.05) is 38.4 Å². The summed E-state index contributed by atoms with van der Waals surface area (Å²) < 4.78 is 5.83.